The first kappa shape index (κ1) is 20.7. The molecule has 2 aliphatic rings. The van der Waals surface area contributed by atoms with Crippen molar-refractivity contribution in [3.63, 3.8) is 0 Å². The third kappa shape index (κ3) is 3.99. The lowest BCUT2D eigenvalue weighted by molar-refractivity contribution is 0.125. The maximum absolute atomic E-state index is 6.20. The van der Waals surface area contributed by atoms with Crippen LogP contribution in [-0.4, -0.2) is 32.0 Å². The van der Waals surface area contributed by atoms with Crippen molar-refractivity contribution in [3.05, 3.63) is 72.4 Å². The summed E-state index contributed by atoms with van der Waals surface area (Å²) in [4.78, 5) is 11.7. The van der Waals surface area contributed by atoms with Crippen molar-refractivity contribution in [2.24, 2.45) is 10.8 Å². The van der Waals surface area contributed by atoms with Crippen LogP contribution < -0.4 is 0 Å². The molecular formula is C28H32N4O. The third-order valence-electron chi connectivity index (χ3n) is 7.52. The van der Waals surface area contributed by atoms with E-state index in [2.05, 4.69) is 76.6 Å². The number of rotatable bonds is 5. The minimum absolute atomic E-state index is 0.434. The van der Waals surface area contributed by atoms with E-state index < -0.39 is 0 Å². The Hall–Kier alpha value is -2.92. The zero-order valence-electron chi connectivity index (χ0n) is 19.8. The summed E-state index contributed by atoms with van der Waals surface area (Å²) in [6.07, 6.45) is 7.72. The van der Waals surface area contributed by atoms with E-state index in [9.17, 15) is 0 Å². The molecule has 2 unspecified atom stereocenters. The molecule has 4 aromatic rings. The number of para-hydroxylation sites is 2. The van der Waals surface area contributed by atoms with Crippen LogP contribution in [0.2, 0.25) is 0 Å². The smallest absolute Gasteiger partial charge is 0.226 e. The van der Waals surface area contributed by atoms with Crippen LogP contribution in [0.5, 0.6) is 0 Å². The van der Waals surface area contributed by atoms with Crippen molar-refractivity contribution in [2.75, 3.05) is 6.54 Å². The number of aromatic nitrogens is 3. The van der Waals surface area contributed by atoms with Gasteiger partial charge in [-0.2, -0.15) is 0 Å². The van der Waals surface area contributed by atoms with Crippen molar-refractivity contribution >= 4 is 11.0 Å². The molecule has 5 heteroatoms. The molecule has 1 aliphatic heterocycles. The minimum atomic E-state index is 0.434. The molecule has 0 radical (unpaired) electrons. The molecule has 0 amide bonds. The summed E-state index contributed by atoms with van der Waals surface area (Å²) in [6.45, 7) is 10.1. The number of hydrogen-bond acceptors (Lipinski definition) is 4. The number of fused-ring (bicyclic) bond motifs is 3. The van der Waals surface area contributed by atoms with E-state index in [-0.39, 0.29) is 0 Å². The Bertz CT molecular complexity index is 1280. The number of nitrogens with zero attached hydrogens (tertiary/aromatic N) is 4. The highest BCUT2D eigenvalue weighted by molar-refractivity contribution is 5.75. The van der Waals surface area contributed by atoms with Gasteiger partial charge in [-0.25, -0.2) is 9.97 Å². The zero-order valence-corrected chi connectivity index (χ0v) is 19.8. The molecule has 2 aromatic heterocycles. The molecule has 170 valence electrons. The number of imidazole rings is 1. The first-order valence-corrected chi connectivity index (χ1v) is 12.0. The molecule has 2 atom stereocenters. The Morgan fingerprint density at radius 1 is 0.970 bits per heavy atom. The van der Waals surface area contributed by atoms with E-state index in [4.69, 9.17) is 4.42 Å². The summed E-state index contributed by atoms with van der Waals surface area (Å²) in [5.41, 5.74) is 5.31. The lowest BCUT2D eigenvalue weighted by atomic mass is 9.65. The van der Waals surface area contributed by atoms with Crippen LogP contribution in [0, 0.1) is 10.8 Å². The van der Waals surface area contributed by atoms with Gasteiger partial charge in [-0.3, -0.25) is 4.90 Å². The highest BCUT2D eigenvalue weighted by Gasteiger charge is 2.49. The van der Waals surface area contributed by atoms with Crippen LogP contribution in [0.15, 0.2) is 65.5 Å². The maximum Gasteiger partial charge on any atom is 0.226 e. The van der Waals surface area contributed by atoms with E-state index in [1.54, 1.807) is 0 Å². The fourth-order valence-electron chi connectivity index (χ4n) is 6.56. The fourth-order valence-corrected chi connectivity index (χ4v) is 6.56. The van der Waals surface area contributed by atoms with Gasteiger partial charge in [0.2, 0.25) is 5.89 Å². The van der Waals surface area contributed by atoms with Crippen molar-refractivity contribution in [3.8, 4) is 11.5 Å². The molecule has 3 heterocycles. The quantitative estimate of drug-likeness (QED) is 0.374. The molecule has 0 N–H and O–H groups in total. The number of hydrogen-bond donors (Lipinski definition) is 0. The van der Waals surface area contributed by atoms with Gasteiger partial charge in [0.1, 0.15) is 5.76 Å². The molecular weight excluding hydrogens is 408 g/mol. The molecule has 2 fully saturated rings. The monoisotopic (exact) mass is 440 g/mol. The summed E-state index contributed by atoms with van der Waals surface area (Å²) in [5.74, 6) is 1.67. The van der Waals surface area contributed by atoms with E-state index in [1.807, 2.05) is 24.7 Å². The number of oxazole rings is 1. The molecule has 6 rings (SSSR count). The SMILES string of the molecule is CC1(C)CC2CC(C)(CN2Cc2cnc(-c3ccc(Cn4cnc5ccccc54)cc3)o2)C1. The number of likely N-dealkylation sites (tertiary alicyclic amines) is 1. The Balaban J connectivity index is 1.14. The van der Waals surface area contributed by atoms with Gasteiger partial charge in [0.15, 0.2) is 0 Å². The fraction of sp³-hybridized carbons (Fsp3) is 0.429. The predicted octanol–water partition coefficient (Wildman–Crippen LogP) is 6.14. The van der Waals surface area contributed by atoms with Crippen molar-refractivity contribution in [2.45, 2.75) is 59.2 Å². The lowest BCUT2D eigenvalue weighted by Crippen LogP contribution is -2.34. The van der Waals surface area contributed by atoms with Gasteiger partial charge < -0.3 is 8.98 Å². The lowest BCUT2D eigenvalue weighted by Gasteiger charge is -2.39. The second-order valence-corrected chi connectivity index (χ2v) is 11.3. The molecule has 1 aliphatic carbocycles. The average Bonchev–Trinajstić information content (AvgIpc) is 3.45. The van der Waals surface area contributed by atoms with Gasteiger partial charge in [0.25, 0.3) is 0 Å². The van der Waals surface area contributed by atoms with Gasteiger partial charge in [0.05, 0.1) is 30.1 Å². The molecule has 2 bridgehead atoms. The Labute approximate surface area is 195 Å². The van der Waals surface area contributed by atoms with Gasteiger partial charge in [0, 0.05) is 24.7 Å². The van der Waals surface area contributed by atoms with E-state index >= 15 is 0 Å². The Morgan fingerprint density at radius 3 is 2.64 bits per heavy atom. The Morgan fingerprint density at radius 2 is 1.79 bits per heavy atom. The normalized spacial score (nSPS) is 24.5. The van der Waals surface area contributed by atoms with E-state index in [0.717, 1.165) is 42.0 Å². The van der Waals surface area contributed by atoms with Gasteiger partial charge in [-0.05, 0) is 59.9 Å². The van der Waals surface area contributed by atoms with Crippen LogP contribution in [-0.2, 0) is 13.1 Å². The van der Waals surface area contributed by atoms with Crippen LogP contribution in [0.3, 0.4) is 0 Å². The minimum Gasteiger partial charge on any atom is -0.440 e. The second-order valence-electron chi connectivity index (χ2n) is 11.3. The van der Waals surface area contributed by atoms with Crippen molar-refractivity contribution in [1.29, 1.82) is 0 Å². The Kier molecular flexibility index (Phi) is 4.73. The average molecular weight is 441 g/mol. The summed E-state index contributed by atoms with van der Waals surface area (Å²) in [6, 6.07) is 17.4. The second kappa shape index (κ2) is 7.56. The van der Waals surface area contributed by atoms with Gasteiger partial charge >= 0.3 is 0 Å². The highest BCUT2D eigenvalue weighted by Crippen LogP contribution is 2.52. The van der Waals surface area contributed by atoms with Crippen LogP contribution in [0.1, 0.15) is 51.4 Å². The molecule has 1 saturated carbocycles. The molecule has 1 saturated heterocycles. The van der Waals surface area contributed by atoms with Crippen LogP contribution in [0.4, 0.5) is 0 Å². The van der Waals surface area contributed by atoms with E-state index in [1.165, 1.54) is 24.8 Å². The molecule has 33 heavy (non-hydrogen) atoms. The van der Waals surface area contributed by atoms with Gasteiger partial charge in [-0.1, -0.05) is 45.0 Å². The first-order chi connectivity index (χ1) is 15.9. The molecule has 2 aromatic carbocycles. The predicted molar refractivity (Wildman–Crippen MR) is 131 cm³/mol. The zero-order chi connectivity index (χ0) is 22.6. The molecule has 0 spiro atoms. The third-order valence-corrected chi connectivity index (χ3v) is 7.52. The van der Waals surface area contributed by atoms with Crippen LogP contribution in [0.25, 0.3) is 22.5 Å². The van der Waals surface area contributed by atoms with E-state index in [0.29, 0.717) is 22.8 Å². The first-order valence-electron chi connectivity index (χ1n) is 12.0. The topological polar surface area (TPSA) is 47.1 Å². The summed E-state index contributed by atoms with van der Waals surface area (Å²) in [7, 11) is 0. The van der Waals surface area contributed by atoms with Gasteiger partial charge in [-0.15, -0.1) is 0 Å². The largest absolute Gasteiger partial charge is 0.440 e. The molecule has 5 nitrogen and oxygen atoms in total. The summed E-state index contributed by atoms with van der Waals surface area (Å²) in [5, 5.41) is 0. The summed E-state index contributed by atoms with van der Waals surface area (Å²) >= 11 is 0. The standard InChI is InChI=1S/C28H32N4O/c1-27(2)12-22-13-28(3,17-27)18-31(22)16-23-14-29-26(33-23)21-10-8-20(9-11-21)15-32-19-30-24-6-4-5-7-25(24)32/h4-11,14,19,22H,12-13,15-18H2,1-3H3. The summed E-state index contributed by atoms with van der Waals surface area (Å²) < 4.78 is 8.38. The van der Waals surface area contributed by atoms with Crippen molar-refractivity contribution < 1.29 is 4.42 Å². The van der Waals surface area contributed by atoms with Crippen LogP contribution >= 0.6 is 0 Å². The van der Waals surface area contributed by atoms with Crippen molar-refractivity contribution in [1.82, 2.24) is 19.4 Å². The highest BCUT2D eigenvalue weighted by atomic mass is 16.4. The number of benzene rings is 2. The maximum atomic E-state index is 6.20.